The van der Waals surface area contributed by atoms with Crippen LogP contribution in [0.4, 0.5) is 23.7 Å². The van der Waals surface area contributed by atoms with E-state index in [2.05, 4.69) is 20.9 Å². The highest BCUT2D eigenvalue weighted by Crippen LogP contribution is 2.24. The predicted octanol–water partition coefficient (Wildman–Crippen LogP) is 4.25. The number of rotatable bonds is 9. The van der Waals surface area contributed by atoms with Gasteiger partial charge >= 0.3 is 12.2 Å². The molecule has 184 valence electrons. The zero-order valence-electron chi connectivity index (χ0n) is 18.7. The zero-order chi connectivity index (χ0) is 24.8. The number of amides is 2. The van der Waals surface area contributed by atoms with Crippen LogP contribution < -0.4 is 16.1 Å². The standard InChI is InChI=1S/C23H23F3N6O3/c1-15-9-19(31-35-15)13-34-29-7-5-16-6-8-32-20(12-27-21(32)10-16)17-3-2-4-18(11-17)30-22(33)28-14-23(24,25)26/h2-4,6,8-12,29H,5,7,13-14H2,1H3,(H2,28,30,33). The Hall–Kier alpha value is -3.90. The van der Waals surface area contributed by atoms with E-state index in [0.717, 1.165) is 28.2 Å². The topological polar surface area (TPSA) is 106 Å². The van der Waals surface area contributed by atoms with Crippen LogP contribution in [-0.4, -0.2) is 39.8 Å². The Morgan fingerprint density at radius 1 is 1.20 bits per heavy atom. The monoisotopic (exact) mass is 488 g/mol. The van der Waals surface area contributed by atoms with Crippen molar-refractivity contribution in [2.24, 2.45) is 0 Å². The van der Waals surface area contributed by atoms with Gasteiger partial charge in [0.1, 0.15) is 30.3 Å². The summed E-state index contributed by atoms with van der Waals surface area (Å²) in [4.78, 5) is 21.6. The number of aryl methyl sites for hydroxylation is 1. The Balaban J connectivity index is 1.34. The van der Waals surface area contributed by atoms with E-state index >= 15 is 0 Å². The van der Waals surface area contributed by atoms with Crippen molar-refractivity contribution < 1.29 is 27.3 Å². The first-order chi connectivity index (χ1) is 16.8. The second kappa shape index (κ2) is 10.6. The molecule has 12 heteroatoms. The maximum atomic E-state index is 12.3. The second-order valence-corrected chi connectivity index (χ2v) is 7.77. The van der Waals surface area contributed by atoms with Gasteiger partial charge in [-0.3, -0.25) is 9.24 Å². The number of halogens is 3. The Morgan fingerprint density at radius 2 is 2.06 bits per heavy atom. The van der Waals surface area contributed by atoms with Crippen LogP contribution in [0.25, 0.3) is 16.9 Å². The van der Waals surface area contributed by atoms with Crippen molar-refractivity contribution in [3.63, 3.8) is 0 Å². The number of benzene rings is 1. The van der Waals surface area contributed by atoms with Gasteiger partial charge < -0.3 is 15.2 Å². The maximum absolute atomic E-state index is 12.3. The van der Waals surface area contributed by atoms with Gasteiger partial charge in [0.25, 0.3) is 0 Å². The number of alkyl halides is 3. The van der Waals surface area contributed by atoms with Crippen molar-refractivity contribution in [2.75, 3.05) is 18.4 Å². The summed E-state index contributed by atoms with van der Waals surface area (Å²) in [6.45, 7) is 1.30. The Kier molecular flexibility index (Phi) is 7.32. The van der Waals surface area contributed by atoms with Crippen LogP contribution >= 0.6 is 0 Å². The molecule has 3 aromatic heterocycles. The number of hydrogen-bond acceptors (Lipinski definition) is 6. The van der Waals surface area contributed by atoms with Crippen LogP contribution in [-0.2, 0) is 17.9 Å². The summed E-state index contributed by atoms with van der Waals surface area (Å²) < 4.78 is 43.7. The molecule has 3 N–H and O–H groups in total. The normalized spacial score (nSPS) is 11.7. The van der Waals surface area contributed by atoms with Crippen LogP contribution in [0.5, 0.6) is 0 Å². The lowest BCUT2D eigenvalue weighted by Gasteiger charge is -2.11. The summed E-state index contributed by atoms with van der Waals surface area (Å²) in [7, 11) is 0. The third-order valence-electron chi connectivity index (χ3n) is 4.96. The lowest BCUT2D eigenvalue weighted by Crippen LogP contribution is -2.36. The van der Waals surface area contributed by atoms with Crippen molar-refractivity contribution in [2.45, 2.75) is 26.1 Å². The van der Waals surface area contributed by atoms with Gasteiger partial charge in [0.2, 0.25) is 0 Å². The fourth-order valence-electron chi connectivity index (χ4n) is 3.38. The quantitative estimate of drug-likeness (QED) is 0.240. The number of carbonyl (C=O) groups is 1. The molecule has 4 rings (SSSR count). The van der Waals surface area contributed by atoms with Crippen molar-refractivity contribution in [3.05, 3.63) is 71.9 Å². The molecule has 0 saturated heterocycles. The van der Waals surface area contributed by atoms with E-state index in [1.165, 1.54) is 0 Å². The third-order valence-corrected chi connectivity index (χ3v) is 4.96. The van der Waals surface area contributed by atoms with Gasteiger partial charge in [-0.25, -0.2) is 15.3 Å². The molecule has 0 aliphatic carbocycles. The summed E-state index contributed by atoms with van der Waals surface area (Å²) in [5.74, 6) is 0.727. The highest BCUT2D eigenvalue weighted by molar-refractivity contribution is 5.90. The largest absolute Gasteiger partial charge is 0.405 e. The van der Waals surface area contributed by atoms with Crippen LogP contribution in [0.15, 0.2) is 59.4 Å². The molecule has 35 heavy (non-hydrogen) atoms. The highest BCUT2D eigenvalue weighted by Gasteiger charge is 2.27. The van der Waals surface area contributed by atoms with Crippen LogP contribution in [0.1, 0.15) is 17.0 Å². The van der Waals surface area contributed by atoms with E-state index in [9.17, 15) is 18.0 Å². The molecule has 2 amide bonds. The number of nitrogens with zero attached hydrogens (tertiary/aromatic N) is 3. The molecular weight excluding hydrogens is 465 g/mol. The van der Waals surface area contributed by atoms with Crippen molar-refractivity contribution in [1.29, 1.82) is 0 Å². The average Bonchev–Trinajstić information content (AvgIpc) is 3.43. The summed E-state index contributed by atoms with van der Waals surface area (Å²) >= 11 is 0. The molecular formula is C23H23F3N6O3. The summed E-state index contributed by atoms with van der Waals surface area (Å²) in [5.41, 5.74) is 7.28. The summed E-state index contributed by atoms with van der Waals surface area (Å²) in [5, 5.41) is 8.05. The molecule has 4 aromatic rings. The van der Waals surface area contributed by atoms with Crippen molar-refractivity contribution in [3.8, 4) is 11.3 Å². The molecule has 0 bridgehead atoms. The van der Waals surface area contributed by atoms with Gasteiger partial charge in [-0.1, -0.05) is 17.3 Å². The minimum atomic E-state index is -4.48. The Labute approximate surface area is 198 Å². The fraction of sp³-hybridized carbons (Fsp3) is 0.261. The molecule has 0 atom stereocenters. The average molecular weight is 488 g/mol. The van der Waals surface area contributed by atoms with E-state index in [1.807, 2.05) is 35.7 Å². The number of imidazole rings is 1. The number of anilines is 1. The molecule has 1 aromatic carbocycles. The van der Waals surface area contributed by atoms with Crippen LogP contribution in [0, 0.1) is 6.92 Å². The minimum Gasteiger partial charge on any atom is -0.361 e. The van der Waals surface area contributed by atoms with Gasteiger partial charge in [-0.2, -0.15) is 13.2 Å². The van der Waals surface area contributed by atoms with Crippen molar-refractivity contribution in [1.82, 2.24) is 25.3 Å². The van der Waals surface area contributed by atoms with E-state index in [1.54, 1.807) is 35.8 Å². The van der Waals surface area contributed by atoms with E-state index < -0.39 is 18.8 Å². The lowest BCUT2D eigenvalue weighted by atomic mass is 10.1. The number of aromatic nitrogens is 3. The molecule has 0 spiro atoms. The molecule has 3 heterocycles. The number of hydrogen-bond donors (Lipinski definition) is 3. The van der Waals surface area contributed by atoms with Gasteiger partial charge in [0.05, 0.1) is 11.9 Å². The second-order valence-electron chi connectivity index (χ2n) is 7.77. The number of nitrogens with one attached hydrogen (secondary N) is 3. The lowest BCUT2D eigenvalue weighted by molar-refractivity contribution is -0.122. The first-order valence-electron chi connectivity index (χ1n) is 10.7. The fourth-order valence-corrected chi connectivity index (χ4v) is 3.38. The van der Waals surface area contributed by atoms with E-state index in [4.69, 9.17) is 9.36 Å². The Bertz CT molecular complexity index is 1300. The van der Waals surface area contributed by atoms with Gasteiger partial charge in [-0.15, -0.1) is 0 Å². The van der Waals surface area contributed by atoms with E-state index in [-0.39, 0.29) is 0 Å². The van der Waals surface area contributed by atoms with Gasteiger partial charge in [0.15, 0.2) is 0 Å². The molecule has 0 radical (unpaired) electrons. The van der Waals surface area contributed by atoms with Gasteiger partial charge in [-0.05, 0) is 43.2 Å². The number of hydroxylamine groups is 1. The molecule has 0 saturated carbocycles. The third kappa shape index (κ3) is 6.80. The molecule has 9 nitrogen and oxygen atoms in total. The van der Waals surface area contributed by atoms with E-state index in [0.29, 0.717) is 31.0 Å². The molecule has 0 unspecified atom stereocenters. The van der Waals surface area contributed by atoms with Crippen molar-refractivity contribution >= 4 is 17.4 Å². The first kappa shape index (κ1) is 24.2. The molecule has 0 aliphatic rings. The number of urea groups is 1. The number of fused-ring (bicyclic) bond motifs is 1. The number of carbonyl (C=O) groups excluding carboxylic acids is 1. The van der Waals surface area contributed by atoms with Gasteiger partial charge in [0, 0.05) is 30.1 Å². The first-order valence-corrected chi connectivity index (χ1v) is 10.7. The maximum Gasteiger partial charge on any atom is 0.405 e. The SMILES string of the molecule is Cc1cc(CONCCc2ccn3c(-c4cccc(NC(=O)NCC(F)(F)F)c4)cnc3c2)no1. The smallest absolute Gasteiger partial charge is 0.361 e. The van der Waals surface area contributed by atoms with Crippen LogP contribution in [0.2, 0.25) is 0 Å². The van der Waals surface area contributed by atoms with Crippen LogP contribution in [0.3, 0.4) is 0 Å². The molecule has 0 aliphatic heterocycles. The number of pyridine rings is 1. The molecule has 0 fully saturated rings. The zero-order valence-corrected chi connectivity index (χ0v) is 18.7. The summed E-state index contributed by atoms with van der Waals surface area (Å²) in [6.07, 6.45) is -0.178. The Morgan fingerprint density at radius 3 is 2.83 bits per heavy atom. The minimum absolute atomic E-state index is 0.303. The predicted molar refractivity (Wildman–Crippen MR) is 121 cm³/mol. The summed E-state index contributed by atoms with van der Waals surface area (Å²) in [6, 6.07) is 11.6. The highest BCUT2D eigenvalue weighted by atomic mass is 19.4.